The molecule has 1 saturated heterocycles. The lowest BCUT2D eigenvalue weighted by atomic mass is 9.98. The molecule has 1 aliphatic rings. The third-order valence-electron chi connectivity index (χ3n) is 4.56. The van der Waals surface area contributed by atoms with Crippen LogP contribution >= 0.6 is 0 Å². The average Bonchev–Trinajstić information content (AvgIpc) is 3.01. The second kappa shape index (κ2) is 8.03. The Morgan fingerprint density at radius 1 is 1.20 bits per heavy atom. The van der Waals surface area contributed by atoms with E-state index < -0.39 is 5.60 Å². The summed E-state index contributed by atoms with van der Waals surface area (Å²) in [7, 11) is 0. The maximum absolute atomic E-state index is 12.6. The van der Waals surface area contributed by atoms with Crippen LogP contribution in [0.2, 0.25) is 0 Å². The average molecular weight is 345 g/mol. The highest BCUT2D eigenvalue weighted by molar-refractivity contribution is 5.88. The third kappa shape index (κ3) is 5.58. The summed E-state index contributed by atoms with van der Waals surface area (Å²) in [5, 5.41) is 0. The molecule has 0 bridgehead atoms. The largest absolute Gasteiger partial charge is 0.444 e. The van der Waals surface area contributed by atoms with Gasteiger partial charge in [-0.05, 0) is 57.1 Å². The molecule has 2 rings (SSSR count). The SMILES string of the molecule is CC(C)c1ccc(CCC(=O)[C@@H]2CCCN2C(=O)OC(C)(C)C)cc1. The van der Waals surface area contributed by atoms with E-state index in [0.29, 0.717) is 18.9 Å². The molecule has 1 aromatic rings. The number of ether oxygens (including phenoxy) is 1. The van der Waals surface area contributed by atoms with Gasteiger partial charge < -0.3 is 4.74 Å². The maximum Gasteiger partial charge on any atom is 0.410 e. The number of benzene rings is 1. The van der Waals surface area contributed by atoms with E-state index in [4.69, 9.17) is 4.74 Å². The lowest BCUT2D eigenvalue weighted by molar-refractivity contribution is -0.123. The quantitative estimate of drug-likeness (QED) is 0.776. The van der Waals surface area contributed by atoms with Gasteiger partial charge in [0.1, 0.15) is 5.60 Å². The van der Waals surface area contributed by atoms with Crippen LogP contribution in [0.15, 0.2) is 24.3 Å². The lowest BCUT2D eigenvalue weighted by Gasteiger charge is -2.28. The zero-order valence-corrected chi connectivity index (χ0v) is 16.2. The summed E-state index contributed by atoms with van der Waals surface area (Å²) in [5.74, 6) is 0.646. The molecule has 25 heavy (non-hydrogen) atoms. The Hall–Kier alpha value is -1.84. The minimum Gasteiger partial charge on any atom is -0.444 e. The van der Waals surface area contributed by atoms with Gasteiger partial charge in [0.25, 0.3) is 0 Å². The Kier molecular flexibility index (Phi) is 6.26. The number of aryl methyl sites for hydroxylation is 1. The van der Waals surface area contributed by atoms with E-state index in [2.05, 4.69) is 38.1 Å². The van der Waals surface area contributed by atoms with Crippen LogP contribution < -0.4 is 0 Å². The fourth-order valence-corrected chi connectivity index (χ4v) is 3.14. The Bertz CT molecular complexity index is 599. The highest BCUT2D eigenvalue weighted by Gasteiger charge is 2.35. The van der Waals surface area contributed by atoms with E-state index in [1.807, 2.05) is 20.8 Å². The van der Waals surface area contributed by atoms with Crippen LogP contribution in [0.3, 0.4) is 0 Å². The summed E-state index contributed by atoms with van der Waals surface area (Å²) in [6.07, 6.45) is 2.41. The summed E-state index contributed by atoms with van der Waals surface area (Å²) in [5.41, 5.74) is 1.94. The number of amides is 1. The predicted octanol–water partition coefficient (Wildman–Crippen LogP) is 4.71. The van der Waals surface area contributed by atoms with Gasteiger partial charge in [0.2, 0.25) is 0 Å². The molecule has 0 radical (unpaired) electrons. The molecule has 1 atom stereocenters. The number of ketones is 1. The van der Waals surface area contributed by atoms with Gasteiger partial charge in [-0.2, -0.15) is 0 Å². The molecule has 4 heteroatoms. The van der Waals surface area contributed by atoms with Crippen molar-refractivity contribution in [1.82, 2.24) is 4.90 Å². The zero-order chi connectivity index (χ0) is 18.6. The highest BCUT2D eigenvalue weighted by atomic mass is 16.6. The summed E-state index contributed by atoms with van der Waals surface area (Å²) < 4.78 is 5.44. The highest BCUT2D eigenvalue weighted by Crippen LogP contribution is 2.23. The summed E-state index contributed by atoms with van der Waals surface area (Å²) >= 11 is 0. The van der Waals surface area contributed by atoms with Crippen molar-refractivity contribution in [3.8, 4) is 0 Å². The van der Waals surface area contributed by atoms with Crippen LogP contribution in [-0.4, -0.2) is 35.0 Å². The maximum atomic E-state index is 12.6. The van der Waals surface area contributed by atoms with Crippen molar-refractivity contribution in [2.45, 2.75) is 77.9 Å². The number of carbonyl (C=O) groups is 2. The normalized spacial score (nSPS) is 17.8. The first-order valence-electron chi connectivity index (χ1n) is 9.28. The zero-order valence-electron chi connectivity index (χ0n) is 16.2. The molecular weight excluding hydrogens is 314 g/mol. The van der Waals surface area contributed by atoms with Crippen molar-refractivity contribution < 1.29 is 14.3 Å². The fourth-order valence-electron chi connectivity index (χ4n) is 3.14. The summed E-state index contributed by atoms with van der Waals surface area (Å²) in [4.78, 5) is 26.5. The van der Waals surface area contributed by atoms with Gasteiger partial charge in [-0.15, -0.1) is 0 Å². The van der Waals surface area contributed by atoms with Crippen LogP contribution in [0, 0.1) is 0 Å². The van der Waals surface area contributed by atoms with Crippen LogP contribution in [0.1, 0.15) is 70.9 Å². The topological polar surface area (TPSA) is 46.6 Å². The summed E-state index contributed by atoms with van der Waals surface area (Å²) in [6, 6.07) is 8.14. The van der Waals surface area contributed by atoms with Crippen molar-refractivity contribution in [3.63, 3.8) is 0 Å². The number of likely N-dealkylation sites (tertiary alicyclic amines) is 1. The number of hydrogen-bond donors (Lipinski definition) is 0. The number of hydrogen-bond acceptors (Lipinski definition) is 3. The molecule has 0 unspecified atom stereocenters. The van der Waals surface area contributed by atoms with Crippen molar-refractivity contribution in [2.24, 2.45) is 0 Å². The monoisotopic (exact) mass is 345 g/mol. The molecular formula is C21H31NO3. The van der Waals surface area contributed by atoms with E-state index in [-0.39, 0.29) is 17.9 Å². The first-order chi connectivity index (χ1) is 11.7. The number of nitrogens with zero attached hydrogens (tertiary/aromatic N) is 1. The molecule has 0 aromatic heterocycles. The van der Waals surface area contributed by atoms with Crippen LogP contribution in [-0.2, 0) is 16.0 Å². The molecule has 4 nitrogen and oxygen atoms in total. The Labute approximate surface area is 151 Å². The Morgan fingerprint density at radius 3 is 2.40 bits per heavy atom. The fraction of sp³-hybridized carbons (Fsp3) is 0.619. The van der Waals surface area contributed by atoms with E-state index in [9.17, 15) is 9.59 Å². The third-order valence-corrected chi connectivity index (χ3v) is 4.56. The molecule has 0 N–H and O–H groups in total. The van der Waals surface area contributed by atoms with Crippen LogP contribution in [0.5, 0.6) is 0 Å². The first kappa shape index (κ1) is 19.5. The molecule has 138 valence electrons. The molecule has 0 spiro atoms. The van der Waals surface area contributed by atoms with Gasteiger partial charge in [0.15, 0.2) is 5.78 Å². The Morgan fingerprint density at radius 2 is 1.84 bits per heavy atom. The second-order valence-electron chi connectivity index (χ2n) is 8.19. The standard InChI is InChI=1S/C21H31NO3/c1-15(2)17-11-8-16(9-12-17)10-13-19(23)18-7-6-14-22(18)20(24)25-21(3,4)5/h8-9,11-12,15,18H,6-7,10,13-14H2,1-5H3/t18-/m0/s1. The van der Waals surface area contributed by atoms with Gasteiger partial charge in [-0.3, -0.25) is 9.69 Å². The molecule has 1 amide bonds. The lowest BCUT2D eigenvalue weighted by Crippen LogP contribution is -2.43. The van der Waals surface area contributed by atoms with Gasteiger partial charge in [-0.1, -0.05) is 38.1 Å². The van der Waals surface area contributed by atoms with E-state index in [0.717, 1.165) is 19.3 Å². The number of Topliss-reactive ketones (excluding diaryl/α,β-unsaturated/α-hetero) is 1. The molecule has 1 aliphatic heterocycles. The molecule has 1 fully saturated rings. The minimum atomic E-state index is -0.536. The smallest absolute Gasteiger partial charge is 0.410 e. The molecule has 1 heterocycles. The number of rotatable bonds is 5. The van der Waals surface area contributed by atoms with Gasteiger partial charge >= 0.3 is 6.09 Å². The van der Waals surface area contributed by atoms with Crippen molar-refractivity contribution in [3.05, 3.63) is 35.4 Å². The van der Waals surface area contributed by atoms with Crippen molar-refractivity contribution in [2.75, 3.05) is 6.54 Å². The van der Waals surface area contributed by atoms with E-state index >= 15 is 0 Å². The van der Waals surface area contributed by atoms with Gasteiger partial charge in [0, 0.05) is 13.0 Å². The van der Waals surface area contributed by atoms with Gasteiger partial charge in [0.05, 0.1) is 6.04 Å². The van der Waals surface area contributed by atoms with E-state index in [1.54, 1.807) is 4.90 Å². The summed E-state index contributed by atoms with van der Waals surface area (Å²) in [6.45, 7) is 10.5. The van der Waals surface area contributed by atoms with Gasteiger partial charge in [-0.25, -0.2) is 4.79 Å². The minimum absolute atomic E-state index is 0.135. The van der Waals surface area contributed by atoms with Crippen LogP contribution in [0.4, 0.5) is 4.79 Å². The molecule has 1 aromatic carbocycles. The number of carbonyl (C=O) groups excluding carboxylic acids is 2. The van der Waals surface area contributed by atoms with Crippen molar-refractivity contribution in [1.29, 1.82) is 0 Å². The second-order valence-corrected chi connectivity index (χ2v) is 8.19. The first-order valence-corrected chi connectivity index (χ1v) is 9.28. The van der Waals surface area contributed by atoms with E-state index in [1.165, 1.54) is 11.1 Å². The van der Waals surface area contributed by atoms with Crippen LogP contribution in [0.25, 0.3) is 0 Å². The molecule has 0 aliphatic carbocycles. The predicted molar refractivity (Wildman–Crippen MR) is 99.8 cm³/mol. The van der Waals surface area contributed by atoms with Crippen molar-refractivity contribution >= 4 is 11.9 Å². The Balaban J connectivity index is 1.92. The molecule has 0 saturated carbocycles.